The summed E-state index contributed by atoms with van der Waals surface area (Å²) in [5, 5.41) is 31.1. The van der Waals surface area contributed by atoms with Crippen molar-refractivity contribution in [3.05, 3.63) is 36.0 Å². The molecule has 0 bridgehead atoms. The second-order valence-electron chi connectivity index (χ2n) is 8.39. The molecular weight excluding hydrogens is 332 g/mol. The topological polar surface area (TPSA) is 87.0 Å². The van der Waals surface area contributed by atoms with Gasteiger partial charge in [0.1, 0.15) is 11.7 Å². The van der Waals surface area contributed by atoms with Crippen LogP contribution in [0, 0.1) is 16.7 Å². The molecule has 2 aliphatic rings. The zero-order valence-electron chi connectivity index (χ0n) is 16.2. The first-order valence-electron chi connectivity index (χ1n) is 9.31. The van der Waals surface area contributed by atoms with Crippen molar-refractivity contribution in [3.63, 3.8) is 0 Å². The highest BCUT2D eigenvalue weighted by Gasteiger charge is 2.63. The Morgan fingerprint density at radius 1 is 1.27 bits per heavy atom. The molecule has 0 spiro atoms. The molecule has 1 saturated carbocycles. The molecule has 0 amide bonds. The molecule has 3 N–H and O–H groups in total. The molecule has 0 saturated heterocycles. The summed E-state index contributed by atoms with van der Waals surface area (Å²) in [5.74, 6) is -0.630. The van der Waals surface area contributed by atoms with Gasteiger partial charge in [-0.3, -0.25) is 0 Å². The zero-order chi connectivity index (χ0) is 19.6. The minimum Gasteiger partial charge on any atom is -0.455 e. The summed E-state index contributed by atoms with van der Waals surface area (Å²) in [5.41, 5.74) is -2.08. The first kappa shape index (κ1) is 20.9. The predicted molar refractivity (Wildman–Crippen MR) is 100 cm³/mol. The summed E-state index contributed by atoms with van der Waals surface area (Å²) in [6, 6.07) is 0. The number of aliphatic hydroxyl groups is 3. The summed E-state index contributed by atoms with van der Waals surface area (Å²) in [6.07, 6.45) is 10.2. The lowest BCUT2D eigenvalue weighted by Crippen LogP contribution is -2.65. The minimum absolute atomic E-state index is 0.171. The van der Waals surface area contributed by atoms with Crippen molar-refractivity contribution in [2.24, 2.45) is 16.7 Å². The minimum atomic E-state index is -1.52. The second-order valence-corrected chi connectivity index (χ2v) is 8.39. The van der Waals surface area contributed by atoms with Gasteiger partial charge in [-0.25, -0.2) is 4.79 Å². The summed E-state index contributed by atoms with van der Waals surface area (Å²) < 4.78 is 5.74. The molecule has 0 aliphatic heterocycles. The molecule has 4 unspecified atom stereocenters. The fourth-order valence-corrected chi connectivity index (χ4v) is 5.14. The lowest BCUT2D eigenvalue weighted by molar-refractivity contribution is -0.198. The molecule has 1 fully saturated rings. The maximum absolute atomic E-state index is 12.3. The highest BCUT2D eigenvalue weighted by atomic mass is 16.5. The van der Waals surface area contributed by atoms with E-state index in [0.717, 1.165) is 12.8 Å². The fraction of sp³-hybridized carbons (Fsp3) is 0.667. The van der Waals surface area contributed by atoms with Crippen LogP contribution in [0.5, 0.6) is 0 Å². The number of ether oxygens (including phenoxy) is 1. The number of esters is 1. The van der Waals surface area contributed by atoms with Crippen LogP contribution in [0.2, 0.25) is 0 Å². The third kappa shape index (κ3) is 3.40. The first-order valence-corrected chi connectivity index (χ1v) is 9.31. The number of fused-ring (bicyclic) bond motifs is 1. The van der Waals surface area contributed by atoms with Crippen LogP contribution < -0.4 is 0 Å². The lowest BCUT2D eigenvalue weighted by atomic mass is 9.46. The summed E-state index contributed by atoms with van der Waals surface area (Å²) in [4.78, 5) is 12.3. The molecule has 2 rings (SSSR count). The molecule has 0 aromatic heterocycles. The average Bonchev–Trinajstić information content (AvgIpc) is 2.57. The van der Waals surface area contributed by atoms with Crippen LogP contribution in [0.25, 0.3) is 0 Å². The van der Waals surface area contributed by atoms with E-state index in [1.54, 1.807) is 18.2 Å². The predicted octanol–water partition coefficient (Wildman–Crippen LogP) is 2.52. The van der Waals surface area contributed by atoms with Crippen molar-refractivity contribution in [1.82, 2.24) is 0 Å². The van der Waals surface area contributed by atoms with Gasteiger partial charge < -0.3 is 20.1 Å². The van der Waals surface area contributed by atoms with Gasteiger partial charge >= 0.3 is 5.97 Å². The fourth-order valence-electron chi connectivity index (χ4n) is 5.14. The molecule has 2 aliphatic carbocycles. The van der Waals surface area contributed by atoms with Crippen LogP contribution in [0.3, 0.4) is 0 Å². The van der Waals surface area contributed by atoms with E-state index in [0.29, 0.717) is 12.0 Å². The molecule has 5 heteroatoms. The molecule has 5 nitrogen and oxygen atoms in total. The zero-order valence-corrected chi connectivity index (χ0v) is 16.2. The average molecular weight is 364 g/mol. The maximum atomic E-state index is 12.3. The quantitative estimate of drug-likeness (QED) is 0.302. The Hall–Kier alpha value is -1.43. The summed E-state index contributed by atoms with van der Waals surface area (Å²) >= 11 is 0. The van der Waals surface area contributed by atoms with Gasteiger partial charge in [-0.2, -0.15) is 0 Å². The maximum Gasteiger partial charge on any atom is 0.331 e. The Labute approximate surface area is 156 Å². The van der Waals surface area contributed by atoms with Crippen molar-refractivity contribution >= 4 is 5.97 Å². The summed E-state index contributed by atoms with van der Waals surface area (Å²) in [7, 11) is 0. The molecule has 0 aromatic carbocycles. The van der Waals surface area contributed by atoms with Gasteiger partial charge in [0.2, 0.25) is 0 Å². The number of rotatable bonds is 5. The van der Waals surface area contributed by atoms with Crippen LogP contribution in [0.15, 0.2) is 36.0 Å². The Bertz CT molecular complexity index is 618. The summed E-state index contributed by atoms with van der Waals surface area (Å²) in [6.45, 7) is 7.17. The van der Waals surface area contributed by atoms with E-state index in [9.17, 15) is 20.1 Å². The van der Waals surface area contributed by atoms with Gasteiger partial charge in [-0.05, 0) is 36.8 Å². The van der Waals surface area contributed by atoms with Gasteiger partial charge in [-0.1, -0.05) is 45.4 Å². The second kappa shape index (κ2) is 7.67. The van der Waals surface area contributed by atoms with Gasteiger partial charge in [0, 0.05) is 17.4 Å². The molecular formula is C21H32O5. The van der Waals surface area contributed by atoms with Gasteiger partial charge in [-0.15, -0.1) is 0 Å². The van der Waals surface area contributed by atoms with Crippen LogP contribution in [-0.4, -0.2) is 46.2 Å². The highest BCUT2D eigenvalue weighted by Crippen LogP contribution is 2.61. The number of carbonyl (C=O) groups is 1. The van der Waals surface area contributed by atoms with Gasteiger partial charge in [0.15, 0.2) is 0 Å². The van der Waals surface area contributed by atoms with E-state index in [4.69, 9.17) is 4.74 Å². The standard InChI is InChI=1S/C21H32O5/c1-5-6-7-9-17(24)26-16-12-15(13-22)21(25,14-23)20(4)11-8-10-19(2,3)18(16)20/h5-7,9,12,16,18,22-23,25H,8,10-11,13-14H2,1-4H3. The van der Waals surface area contributed by atoms with Crippen molar-refractivity contribution in [2.45, 2.75) is 58.7 Å². The SMILES string of the molecule is CC=CC=CC(=O)OC1C=C(CO)C(O)(CO)C2(C)CCCC(C)(C)C12. The number of allylic oxidation sites excluding steroid dienone is 3. The van der Waals surface area contributed by atoms with Crippen molar-refractivity contribution in [1.29, 1.82) is 0 Å². The first-order chi connectivity index (χ1) is 12.2. The molecule has 4 atom stereocenters. The normalized spacial score (nSPS) is 36.8. The number of hydrogen-bond donors (Lipinski definition) is 3. The van der Waals surface area contributed by atoms with E-state index < -0.39 is 29.7 Å². The number of hydrogen-bond acceptors (Lipinski definition) is 5. The van der Waals surface area contributed by atoms with Crippen LogP contribution in [0.1, 0.15) is 47.0 Å². The smallest absolute Gasteiger partial charge is 0.331 e. The molecule has 0 heterocycles. The van der Waals surface area contributed by atoms with E-state index in [2.05, 4.69) is 13.8 Å². The Morgan fingerprint density at radius 2 is 1.96 bits per heavy atom. The third-order valence-corrected chi connectivity index (χ3v) is 6.40. The lowest BCUT2D eigenvalue weighted by Gasteiger charge is -2.61. The molecule has 146 valence electrons. The Kier molecular flexibility index (Phi) is 6.16. The molecule has 26 heavy (non-hydrogen) atoms. The molecule has 0 aromatic rings. The van der Waals surface area contributed by atoms with E-state index in [-0.39, 0.29) is 17.9 Å². The van der Waals surface area contributed by atoms with Gasteiger partial charge in [0.25, 0.3) is 0 Å². The van der Waals surface area contributed by atoms with E-state index >= 15 is 0 Å². The molecule has 0 radical (unpaired) electrons. The number of aliphatic hydroxyl groups excluding tert-OH is 2. The third-order valence-electron chi connectivity index (χ3n) is 6.40. The highest BCUT2D eigenvalue weighted by molar-refractivity contribution is 5.82. The van der Waals surface area contributed by atoms with Crippen molar-refractivity contribution < 1.29 is 24.9 Å². The van der Waals surface area contributed by atoms with Crippen LogP contribution in [0.4, 0.5) is 0 Å². The Morgan fingerprint density at radius 3 is 2.54 bits per heavy atom. The van der Waals surface area contributed by atoms with Gasteiger partial charge in [0.05, 0.1) is 13.2 Å². The largest absolute Gasteiger partial charge is 0.455 e. The van der Waals surface area contributed by atoms with Crippen molar-refractivity contribution in [3.8, 4) is 0 Å². The monoisotopic (exact) mass is 364 g/mol. The van der Waals surface area contributed by atoms with Crippen LogP contribution >= 0.6 is 0 Å². The van der Waals surface area contributed by atoms with Crippen LogP contribution in [-0.2, 0) is 9.53 Å². The van der Waals surface area contributed by atoms with E-state index in [1.165, 1.54) is 6.08 Å². The van der Waals surface area contributed by atoms with E-state index in [1.807, 2.05) is 19.9 Å². The number of carbonyl (C=O) groups excluding carboxylic acids is 1. The Balaban J connectivity index is 2.49. The van der Waals surface area contributed by atoms with Crippen molar-refractivity contribution in [2.75, 3.05) is 13.2 Å².